The van der Waals surface area contributed by atoms with Gasteiger partial charge in [0, 0.05) is 17.9 Å². The van der Waals surface area contributed by atoms with E-state index in [4.69, 9.17) is 5.11 Å². The Morgan fingerprint density at radius 2 is 2.46 bits per heavy atom. The lowest BCUT2D eigenvalue weighted by Crippen LogP contribution is -2.08. The summed E-state index contributed by atoms with van der Waals surface area (Å²) in [7, 11) is 0. The van der Waals surface area contributed by atoms with Crippen molar-refractivity contribution in [2.45, 2.75) is 18.6 Å². The van der Waals surface area contributed by atoms with Crippen LogP contribution in [0.2, 0.25) is 0 Å². The van der Waals surface area contributed by atoms with Crippen molar-refractivity contribution < 1.29 is 9.90 Å². The number of thiol groups is 1. The van der Waals surface area contributed by atoms with Crippen LogP contribution in [-0.4, -0.2) is 21.3 Å². The van der Waals surface area contributed by atoms with Gasteiger partial charge in [-0.2, -0.15) is 12.6 Å². The Hall–Kier alpha value is -1.03. The van der Waals surface area contributed by atoms with Crippen LogP contribution in [0.1, 0.15) is 23.0 Å². The third-order valence-electron chi connectivity index (χ3n) is 1.61. The van der Waals surface area contributed by atoms with E-state index in [2.05, 4.69) is 17.6 Å². The van der Waals surface area contributed by atoms with Gasteiger partial charge in [0.05, 0.1) is 11.3 Å². The molecular formula is C9H11NO2S. The fraction of sp³-hybridized carbons (Fsp3) is 0.333. The van der Waals surface area contributed by atoms with Gasteiger partial charge in [-0.3, -0.25) is 4.98 Å². The molecule has 70 valence electrons. The second-order valence-corrected chi connectivity index (χ2v) is 3.74. The van der Waals surface area contributed by atoms with Crippen molar-refractivity contribution in [1.29, 1.82) is 0 Å². The Bertz CT molecular complexity index is 312. The van der Waals surface area contributed by atoms with Crippen LogP contribution in [0.5, 0.6) is 0 Å². The van der Waals surface area contributed by atoms with Gasteiger partial charge in [0.15, 0.2) is 0 Å². The molecule has 1 N–H and O–H groups in total. The normalized spacial score (nSPS) is 12.5. The quantitative estimate of drug-likeness (QED) is 0.724. The largest absolute Gasteiger partial charge is 0.478 e. The molecule has 1 heterocycles. The first-order valence-corrected chi connectivity index (χ1v) is 4.48. The summed E-state index contributed by atoms with van der Waals surface area (Å²) in [5.41, 5.74) is 0.862. The van der Waals surface area contributed by atoms with E-state index in [9.17, 15) is 4.79 Å². The van der Waals surface area contributed by atoms with Crippen molar-refractivity contribution in [2.75, 3.05) is 0 Å². The lowest BCUT2D eigenvalue weighted by atomic mass is 10.1. The van der Waals surface area contributed by atoms with Crippen LogP contribution in [0, 0.1) is 0 Å². The van der Waals surface area contributed by atoms with E-state index >= 15 is 0 Å². The molecule has 1 aromatic rings. The molecule has 4 heteroatoms. The molecule has 0 aromatic carbocycles. The highest BCUT2D eigenvalue weighted by atomic mass is 32.1. The van der Waals surface area contributed by atoms with E-state index in [0.29, 0.717) is 12.1 Å². The number of rotatable bonds is 3. The molecule has 1 atom stereocenters. The molecule has 1 aromatic heterocycles. The molecule has 0 fully saturated rings. The molecule has 3 nitrogen and oxygen atoms in total. The van der Waals surface area contributed by atoms with Gasteiger partial charge in [-0.15, -0.1) is 0 Å². The molecule has 0 aliphatic carbocycles. The maximum absolute atomic E-state index is 10.7. The van der Waals surface area contributed by atoms with Gasteiger partial charge in [-0.1, -0.05) is 6.92 Å². The van der Waals surface area contributed by atoms with Crippen molar-refractivity contribution in [3.8, 4) is 0 Å². The lowest BCUT2D eigenvalue weighted by molar-refractivity contribution is 0.0695. The van der Waals surface area contributed by atoms with Crippen LogP contribution in [0.25, 0.3) is 0 Å². The van der Waals surface area contributed by atoms with Crippen LogP contribution in [-0.2, 0) is 6.42 Å². The maximum Gasteiger partial charge on any atom is 0.337 e. The van der Waals surface area contributed by atoms with Crippen molar-refractivity contribution >= 4 is 18.6 Å². The summed E-state index contributed by atoms with van der Waals surface area (Å²) >= 11 is 4.19. The predicted octanol–water partition coefficient (Wildman–Crippen LogP) is 1.64. The number of carboxylic acids is 1. The average molecular weight is 197 g/mol. The first kappa shape index (κ1) is 10.1. The van der Waals surface area contributed by atoms with E-state index in [1.54, 1.807) is 18.3 Å². The smallest absolute Gasteiger partial charge is 0.337 e. The predicted molar refractivity (Wildman–Crippen MR) is 53.3 cm³/mol. The second kappa shape index (κ2) is 4.28. The summed E-state index contributed by atoms with van der Waals surface area (Å²) in [6.07, 6.45) is 2.17. The molecule has 0 bridgehead atoms. The minimum atomic E-state index is -0.933. The number of hydrogen-bond acceptors (Lipinski definition) is 3. The lowest BCUT2D eigenvalue weighted by Gasteiger charge is -2.05. The Balaban J connectivity index is 2.98. The number of hydrogen-bond donors (Lipinski definition) is 2. The SMILES string of the molecule is CC(S)Cc1ncccc1C(=O)O. The molecule has 0 aliphatic rings. The van der Waals surface area contributed by atoms with E-state index in [0.717, 1.165) is 0 Å². The third-order valence-corrected chi connectivity index (χ3v) is 1.79. The monoisotopic (exact) mass is 197 g/mol. The first-order valence-electron chi connectivity index (χ1n) is 3.96. The van der Waals surface area contributed by atoms with E-state index < -0.39 is 5.97 Å². The Morgan fingerprint density at radius 3 is 3.00 bits per heavy atom. The fourth-order valence-corrected chi connectivity index (χ4v) is 1.25. The number of pyridine rings is 1. The van der Waals surface area contributed by atoms with Gasteiger partial charge < -0.3 is 5.11 Å². The fourth-order valence-electron chi connectivity index (χ4n) is 1.08. The summed E-state index contributed by atoms with van der Waals surface area (Å²) in [6.45, 7) is 1.91. The molecule has 1 unspecified atom stereocenters. The van der Waals surface area contributed by atoms with Crippen molar-refractivity contribution in [2.24, 2.45) is 0 Å². The highest BCUT2D eigenvalue weighted by Gasteiger charge is 2.11. The number of carboxylic acid groups (broad SMARTS) is 1. The van der Waals surface area contributed by atoms with E-state index in [1.165, 1.54) is 0 Å². The van der Waals surface area contributed by atoms with Gasteiger partial charge in [0.1, 0.15) is 0 Å². The minimum absolute atomic E-state index is 0.119. The highest BCUT2D eigenvalue weighted by molar-refractivity contribution is 7.80. The molecule has 0 amide bonds. The van der Waals surface area contributed by atoms with Crippen molar-refractivity contribution in [3.63, 3.8) is 0 Å². The van der Waals surface area contributed by atoms with E-state index in [1.807, 2.05) is 6.92 Å². The van der Waals surface area contributed by atoms with Crippen molar-refractivity contribution in [1.82, 2.24) is 4.98 Å². The Labute approximate surface area is 82.2 Å². The summed E-state index contributed by atoms with van der Waals surface area (Å²) in [5.74, 6) is -0.933. The maximum atomic E-state index is 10.7. The van der Waals surface area contributed by atoms with Gasteiger partial charge >= 0.3 is 5.97 Å². The summed E-state index contributed by atoms with van der Waals surface area (Å²) in [6, 6.07) is 3.18. The summed E-state index contributed by atoms with van der Waals surface area (Å²) in [5, 5.41) is 8.93. The number of nitrogens with zero attached hydrogens (tertiary/aromatic N) is 1. The first-order chi connectivity index (χ1) is 6.11. The zero-order chi connectivity index (χ0) is 9.84. The van der Waals surface area contributed by atoms with Crippen molar-refractivity contribution in [3.05, 3.63) is 29.6 Å². The van der Waals surface area contributed by atoms with Gasteiger partial charge in [-0.05, 0) is 12.1 Å². The van der Waals surface area contributed by atoms with Crippen LogP contribution in [0.4, 0.5) is 0 Å². The number of carbonyl (C=O) groups is 1. The molecule has 0 saturated heterocycles. The molecule has 0 spiro atoms. The van der Waals surface area contributed by atoms with Gasteiger partial charge in [0.25, 0.3) is 0 Å². The summed E-state index contributed by atoms with van der Waals surface area (Å²) in [4.78, 5) is 14.7. The number of aromatic carboxylic acids is 1. The topological polar surface area (TPSA) is 50.2 Å². The van der Waals surface area contributed by atoms with Crippen LogP contribution >= 0.6 is 12.6 Å². The minimum Gasteiger partial charge on any atom is -0.478 e. The average Bonchev–Trinajstić information content (AvgIpc) is 2.03. The van der Waals surface area contributed by atoms with Crippen LogP contribution < -0.4 is 0 Å². The van der Waals surface area contributed by atoms with Crippen LogP contribution in [0.15, 0.2) is 18.3 Å². The molecule has 0 aliphatic heterocycles. The molecule has 0 saturated carbocycles. The number of aromatic nitrogens is 1. The van der Waals surface area contributed by atoms with Gasteiger partial charge in [-0.25, -0.2) is 4.79 Å². The summed E-state index contributed by atoms with van der Waals surface area (Å²) < 4.78 is 0. The second-order valence-electron chi connectivity index (χ2n) is 2.86. The van der Waals surface area contributed by atoms with Gasteiger partial charge in [0.2, 0.25) is 0 Å². The Morgan fingerprint density at radius 1 is 1.77 bits per heavy atom. The molecule has 1 rings (SSSR count). The zero-order valence-electron chi connectivity index (χ0n) is 7.27. The standard InChI is InChI=1S/C9H11NO2S/c1-6(13)5-8-7(9(11)12)3-2-4-10-8/h2-4,6,13H,5H2,1H3,(H,11,12). The zero-order valence-corrected chi connectivity index (χ0v) is 8.16. The Kier molecular flexibility index (Phi) is 3.31. The molecular weight excluding hydrogens is 186 g/mol. The van der Waals surface area contributed by atoms with E-state index in [-0.39, 0.29) is 10.8 Å². The highest BCUT2D eigenvalue weighted by Crippen LogP contribution is 2.10. The third kappa shape index (κ3) is 2.73. The molecule has 0 radical (unpaired) electrons. The van der Waals surface area contributed by atoms with Crippen LogP contribution in [0.3, 0.4) is 0 Å². The molecule has 13 heavy (non-hydrogen) atoms.